The van der Waals surface area contributed by atoms with Crippen molar-refractivity contribution >= 4 is 23.7 Å². The van der Waals surface area contributed by atoms with Crippen molar-refractivity contribution in [2.75, 3.05) is 11.9 Å². The van der Waals surface area contributed by atoms with Crippen LogP contribution in [0.1, 0.15) is 34.3 Å². The molecule has 0 saturated carbocycles. The van der Waals surface area contributed by atoms with Gasteiger partial charge in [-0.2, -0.15) is 0 Å². The van der Waals surface area contributed by atoms with Gasteiger partial charge < -0.3 is 15.5 Å². The molecule has 28 heavy (non-hydrogen) atoms. The number of nitrogens with one attached hydrogen (secondary N) is 2. The van der Waals surface area contributed by atoms with Gasteiger partial charge in [-0.05, 0) is 30.5 Å². The summed E-state index contributed by atoms with van der Waals surface area (Å²) in [5.41, 5.74) is 3.93. The third-order valence-corrected chi connectivity index (χ3v) is 5.61. The molecule has 1 amide bonds. The lowest BCUT2D eigenvalue weighted by Crippen LogP contribution is -2.52. The van der Waals surface area contributed by atoms with Crippen molar-refractivity contribution in [3.05, 3.63) is 65.2 Å². The van der Waals surface area contributed by atoms with Crippen molar-refractivity contribution < 1.29 is 14.4 Å². The minimum absolute atomic E-state index is 0.0255. The Morgan fingerprint density at radius 2 is 1.96 bits per heavy atom. The number of hydrogen-bond donors (Lipinski definition) is 2. The summed E-state index contributed by atoms with van der Waals surface area (Å²) < 4.78 is 0. The molecule has 0 spiro atoms. The van der Waals surface area contributed by atoms with Crippen LogP contribution in [0.2, 0.25) is 0 Å². The zero-order valence-corrected chi connectivity index (χ0v) is 15.6. The van der Waals surface area contributed by atoms with E-state index in [1.807, 2.05) is 41.3 Å². The van der Waals surface area contributed by atoms with E-state index in [-0.39, 0.29) is 11.9 Å². The smallest absolute Gasteiger partial charge is 0.254 e. The number of carbonyl (C=O) groups is 3. The van der Waals surface area contributed by atoms with E-state index in [4.69, 9.17) is 0 Å². The number of hydrogen-bond acceptors (Lipinski definition) is 5. The fraction of sp³-hybridized carbons (Fsp3) is 0.318. The molecule has 144 valence electrons. The second-order valence-corrected chi connectivity index (χ2v) is 7.32. The first-order valence-electron chi connectivity index (χ1n) is 9.60. The van der Waals surface area contributed by atoms with E-state index in [0.717, 1.165) is 16.8 Å². The first-order valence-corrected chi connectivity index (χ1v) is 9.60. The molecular weight excluding hydrogens is 354 g/mol. The van der Waals surface area contributed by atoms with Crippen molar-refractivity contribution in [1.82, 2.24) is 10.2 Å². The lowest BCUT2D eigenvalue weighted by Gasteiger charge is -2.34. The van der Waals surface area contributed by atoms with Crippen molar-refractivity contribution in [2.24, 2.45) is 0 Å². The number of piperidine rings is 1. The van der Waals surface area contributed by atoms with Gasteiger partial charge in [0, 0.05) is 42.5 Å². The largest absolute Gasteiger partial charge is 0.381 e. The van der Waals surface area contributed by atoms with Gasteiger partial charge in [-0.15, -0.1) is 0 Å². The van der Waals surface area contributed by atoms with Crippen molar-refractivity contribution in [3.8, 4) is 0 Å². The quantitative estimate of drug-likeness (QED) is 0.596. The van der Waals surface area contributed by atoms with Gasteiger partial charge in [-0.3, -0.25) is 14.4 Å². The highest BCUT2D eigenvalue weighted by molar-refractivity contribution is 6.27. The standard InChI is InChI=1S/C22H23N3O3/c26-14-21(27)20-10-9-16(12-24-20)25-13-18-17(22(25)28)7-4-8-19(18)23-11-15-5-2-1-3-6-15/h1-8,14,16,20,23-24H,9-13H2. The number of anilines is 1. The van der Waals surface area contributed by atoms with Crippen LogP contribution in [0.25, 0.3) is 0 Å². The third kappa shape index (κ3) is 3.55. The van der Waals surface area contributed by atoms with E-state index in [9.17, 15) is 14.4 Å². The Balaban J connectivity index is 1.45. The van der Waals surface area contributed by atoms with Crippen LogP contribution in [0.15, 0.2) is 48.5 Å². The number of aldehydes is 1. The van der Waals surface area contributed by atoms with Crippen molar-refractivity contribution in [1.29, 1.82) is 0 Å². The summed E-state index contributed by atoms with van der Waals surface area (Å²) in [7, 11) is 0. The summed E-state index contributed by atoms with van der Waals surface area (Å²) in [6.45, 7) is 1.79. The summed E-state index contributed by atoms with van der Waals surface area (Å²) in [4.78, 5) is 37.1. The van der Waals surface area contributed by atoms with E-state index in [1.165, 1.54) is 5.56 Å². The van der Waals surface area contributed by atoms with Gasteiger partial charge in [0.2, 0.25) is 5.78 Å². The van der Waals surface area contributed by atoms with Gasteiger partial charge in [0.05, 0.1) is 6.04 Å². The number of carbonyl (C=O) groups excluding carboxylic acids is 3. The zero-order valence-electron chi connectivity index (χ0n) is 15.6. The number of benzene rings is 2. The molecule has 0 aliphatic carbocycles. The number of fused-ring (bicyclic) bond motifs is 1. The molecule has 1 fully saturated rings. The lowest BCUT2D eigenvalue weighted by atomic mass is 9.97. The highest BCUT2D eigenvalue weighted by atomic mass is 16.2. The monoisotopic (exact) mass is 377 g/mol. The molecule has 6 nitrogen and oxygen atoms in total. The highest BCUT2D eigenvalue weighted by Crippen LogP contribution is 2.32. The fourth-order valence-corrected chi connectivity index (χ4v) is 4.04. The number of rotatable bonds is 6. The summed E-state index contributed by atoms with van der Waals surface area (Å²) in [5.74, 6) is -0.382. The molecule has 2 atom stereocenters. The summed E-state index contributed by atoms with van der Waals surface area (Å²) in [5, 5.41) is 6.57. The van der Waals surface area contributed by atoms with E-state index < -0.39 is 11.8 Å². The Morgan fingerprint density at radius 3 is 2.68 bits per heavy atom. The maximum atomic E-state index is 12.9. The molecular formula is C22H23N3O3. The van der Waals surface area contributed by atoms with Gasteiger partial charge >= 0.3 is 0 Å². The van der Waals surface area contributed by atoms with Crippen LogP contribution in [-0.2, 0) is 22.7 Å². The number of nitrogens with zero attached hydrogens (tertiary/aromatic N) is 1. The average molecular weight is 377 g/mol. The normalized spacial score (nSPS) is 21.3. The SMILES string of the molecule is O=CC(=O)C1CCC(N2Cc3c(NCc4ccccc4)cccc3C2=O)CN1. The van der Waals surface area contributed by atoms with Crippen LogP contribution in [0, 0.1) is 0 Å². The zero-order chi connectivity index (χ0) is 19.5. The molecule has 2 N–H and O–H groups in total. The molecule has 2 aromatic rings. The second kappa shape index (κ2) is 7.94. The topological polar surface area (TPSA) is 78.5 Å². The Morgan fingerprint density at radius 1 is 1.14 bits per heavy atom. The van der Waals surface area contributed by atoms with Crippen molar-refractivity contribution in [3.63, 3.8) is 0 Å². The van der Waals surface area contributed by atoms with E-state index in [2.05, 4.69) is 22.8 Å². The molecule has 2 aliphatic rings. The van der Waals surface area contributed by atoms with Crippen molar-refractivity contribution in [2.45, 2.75) is 38.0 Å². The summed E-state index contributed by atoms with van der Waals surface area (Å²) in [6.07, 6.45) is 1.66. The highest BCUT2D eigenvalue weighted by Gasteiger charge is 2.36. The van der Waals surface area contributed by atoms with E-state index in [1.54, 1.807) is 0 Å². The van der Waals surface area contributed by atoms with E-state index in [0.29, 0.717) is 38.8 Å². The maximum Gasteiger partial charge on any atom is 0.254 e. The Labute approximate surface area is 163 Å². The number of Topliss-reactive ketones (excluding diaryl/α,β-unsaturated/α-hetero) is 1. The maximum absolute atomic E-state index is 12.9. The molecule has 2 heterocycles. The van der Waals surface area contributed by atoms with Crippen LogP contribution in [0.3, 0.4) is 0 Å². The number of ketones is 1. The van der Waals surface area contributed by atoms with Crippen LogP contribution in [0.4, 0.5) is 5.69 Å². The predicted octanol–water partition coefficient (Wildman–Crippen LogP) is 2.14. The molecule has 2 aromatic carbocycles. The van der Waals surface area contributed by atoms with Crippen LogP contribution < -0.4 is 10.6 Å². The van der Waals surface area contributed by atoms with E-state index >= 15 is 0 Å². The lowest BCUT2D eigenvalue weighted by molar-refractivity contribution is -0.131. The first-order chi connectivity index (χ1) is 13.7. The molecule has 0 radical (unpaired) electrons. The Bertz CT molecular complexity index is 889. The van der Waals surface area contributed by atoms with Gasteiger partial charge in [0.1, 0.15) is 0 Å². The predicted molar refractivity (Wildman–Crippen MR) is 106 cm³/mol. The molecule has 0 aromatic heterocycles. The number of amides is 1. The molecule has 4 rings (SSSR count). The summed E-state index contributed by atoms with van der Waals surface area (Å²) >= 11 is 0. The molecule has 2 aliphatic heterocycles. The second-order valence-electron chi connectivity index (χ2n) is 7.32. The third-order valence-electron chi connectivity index (χ3n) is 5.61. The molecule has 1 saturated heterocycles. The molecule has 0 bridgehead atoms. The van der Waals surface area contributed by atoms with Gasteiger partial charge in [0.25, 0.3) is 5.91 Å². The van der Waals surface area contributed by atoms with Crippen LogP contribution >= 0.6 is 0 Å². The Kier molecular flexibility index (Phi) is 5.21. The molecule has 6 heteroatoms. The van der Waals surface area contributed by atoms with Crippen LogP contribution in [0.5, 0.6) is 0 Å². The first kappa shape index (κ1) is 18.4. The molecule has 2 unspecified atom stereocenters. The van der Waals surface area contributed by atoms with Gasteiger partial charge in [0.15, 0.2) is 6.29 Å². The van der Waals surface area contributed by atoms with Gasteiger partial charge in [-0.25, -0.2) is 0 Å². The minimum atomic E-state index is -0.420. The van der Waals surface area contributed by atoms with Crippen LogP contribution in [-0.4, -0.2) is 41.5 Å². The minimum Gasteiger partial charge on any atom is -0.381 e. The van der Waals surface area contributed by atoms with Gasteiger partial charge in [-0.1, -0.05) is 36.4 Å². The summed E-state index contributed by atoms with van der Waals surface area (Å²) in [6, 6.07) is 15.5. The average Bonchev–Trinajstić information content (AvgIpc) is 3.10. The fourth-order valence-electron chi connectivity index (χ4n) is 4.04. The Hall–Kier alpha value is -2.99.